The van der Waals surface area contributed by atoms with E-state index in [1.165, 1.54) is 30.3 Å². The molecule has 0 aliphatic carbocycles. The summed E-state index contributed by atoms with van der Waals surface area (Å²) in [6.07, 6.45) is -4.80. The number of hydrogen-bond donors (Lipinski definition) is 2. The molecule has 0 spiro atoms. The summed E-state index contributed by atoms with van der Waals surface area (Å²) in [7, 11) is 0. The van der Waals surface area contributed by atoms with Gasteiger partial charge in [0.1, 0.15) is 17.2 Å². The molecule has 0 aliphatic rings. The lowest BCUT2D eigenvalue weighted by molar-refractivity contribution is -0.274. The molecule has 3 rings (SSSR count). The van der Waals surface area contributed by atoms with Crippen molar-refractivity contribution in [3.63, 3.8) is 0 Å². The predicted octanol–water partition coefficient (Wildman–Crippen LogP) is 5.33. The van der Waals surface area contributed by atoms with E-state index < -0.39 is 24.0 Å². The third kappa shape index (κ3) is 5.51. The van der Waals surface area contributed by atoms with Crippen molar-refractivity contribution in [2.24, 2.45) is 0 Å². The molecule has 0 heterocycles. The molecule has 0 aliphatic heterocycles. The monoisotopic (exact) mass is 417 g/mol. The number of hydrogen-bond acceptors (Lipinski definition) is 4. The summed E-state index contributed by atoms with van der Waals surface area (Å²) in [5.41, 5.74) is 0.187. The Morgan fingerprint density at radius 2 is 1.43 bits per heavy atom. The van der Waals surface area contributed by atoms with Crippen LogP contribution in [0.25, 0.3) is 0 Å². The number of ether oxygens (including phenoxy) is 2. The highest BCUT2D eigenvalue weighted by atomic mass is 19.4. The number of carbonyl (C=O) groups excluding carboxylic acids is 1. The normalized spacial score (nSPS) is 10.9. The maximum absolute atomic E-state index is 12.4. The molecule has 6 nitrogen and oxygen atoms in total. The molecule has 1 amide bonds. The largest absolute Gasteiger partial charge is 0.573 e. The van der Waals surface area contributed by atoms with E-state index in [1.54, 1.807) is 30.3 Å². The summed E-state index contributed by atoms with van der Waals surface area (Å²) in [6, 6.07) is 16.8. The second kappa shape index (κ2) is 8.56. The van der Waals surface area contributed by atoms with Crippen LogP contribution in [0, 0.1) is 0 Å². The number of aromatic carboxylic acids is 1. The first-order valence-corrected chi connectivity index (χ1v) is 8.49. The van der Waals surface area contributed by atoms with E-state index in [0.717, 1.165) is 12.1 Å². The highest BCUT2D eigenvalue weighted by Crippen LogP contribution is 2.30. The van der Waals surface area contributed by atoms with Crippen LogP contribution in [-0.2, 0) is 0 Å². The highest BCUT2D eigenvalue weighted by molar-refractivity contribution is 6.07. The number of alkyl halides is 3. The van der Waals surface area contributed by atoms with Gasteiger partial charge in [-0.25, -0.2) is 4.79 Å². The number of carboxylic acids is 1. The van der Waals surface area contributed by atoms with E-state index in [2.05, 4.69) is 10.1 Å². The summed E-state index contributed by atoms with van der Waals surface area (Å²) in [5, 5.41) is 11.9. The summed E-state index contributed by atoms with van der Waals surface area (Å²) in [4.78, 5) is 23.8. The van der Waals surface area contributed by atoms with E-state index in [-0.39, 0.29) is 22.7 Å². The van der Waals surface area contributed by atoms with Gasteiger partial charge >= 0.3 is 12.3 Å². The first kappa shape index (κ1) is 20.7. The molecular formula is C21H14F3NO5. The van der Waals surface area contributed by atoms with Crippen molar-refractivity contribution in [3.05, 3.63) is 83.9 Å². The molecule has 0 saturated heterocycles. The van der Waals surface area contributed by atoms with Crippen LogP contribution < -0.4 is 14.8 Å². The van der Waals surface area contributed by atoms with Crippen LogP contribution in [0.2, 0.25) is 0 Å². The van der Waals surface area contributed by atoms with Gasteiger partial charge in [0, 0.05) is 11.6 Å². The first-order chi connectivity index (χ1) is 14.2. The Morgan fingerprint density at radius 3 is 2.03 bits per heavy atom. The molecule has 0 aromatic heterocycles. The Bertz CT molecular complexity index is 1050. The molecule has 9 heteroatoms. The average Bonchev–Trinajstić information content (AvgIpc) is 2.69. The van der Waals surface area contributed by atoms with Crippen LogP contribution >= 0.6 is 0 Å². The Kier molecular flexibility index (Phi) is 5.91. The van der Waals surface area contributed by atoms with Gasteiger partial charge < -0.3 is 19.9 Å². The Morgan fingerprint density at radius 1 is 0.833 bits per heavy atom. The zero-order chi connectivity index (χ0) is 21.7. The number of amides is 1. The van der Waals surface area contributed by atoms with Crippen molar-refractivity contribution in [2.45, 2.75) is 6.36 Å². The number of benzene rings is 3. The zero-order valence-electron chi connectivity index (χ0n) is 15.1. The van der Waals surface area contributed by atoms with Crippen molar-refractivity contribution in [2.75, 3.05) is 5.32 Å². The molecular weight excluding hydrogens is 403 g/mol. The van der Waals surface area contributed by atoms with Gasteiger partial charge in [0.25, 0.3) is 5.91 Å². The van der Waals surface area contributed by atoms with Crippen molar-refractivity contribution < 1.29 is 37.3 Å². The second-order valence-corrected chi connectivity index (χ2v) is 5.95. The molecule has 0 bridgehead atoms. The van der Waals surface area contributed by atoms with Crippen LogP contribution in [0.15, 0.2) is 72.8 Å². The fourth-order valence-corrected chi connectivity index (χ4v) is 2.51. The van der Waals surface area contributed by atoms with E-state index in [1.807, 2.05) is 0 Å². The van der Waals surface area contributed by atoms with Crippen LogP contribution in [0.3, 0.4) is 0 Å². The van der Waals surface area contributed by atoms with Gasteiger partial charge in [-0.3, -0.25) is 4.79 Å². The maximum atomic E-state index is 12.4. The molecule has 0 atom stereocenters. The quantitative estimate of drug-likeness (QED) is 0.567. The fourth-order valence-electron chi connectivity index (χ4n) is 2.51. The summed E-state index contributed by atoms with van der Waals surface area (Å²) in [5.74, 6) is -1.81. The molecule has 2 N–H and O–H groups in total. The number of rotatable bonds is 6. The minimum atomic E-state index is -4.80. The topological polar surface area (TPSA) is 84.9 Å². The Hall–Kier alpha value is -4.01. The standard InChI is InChI=1S/C21H14F3NO5/c22-21(23,24)30-15-8-6-14(7-9-15)29-16-10-11-17(20(27)28)18(12-16)25-19(26)13-4-2-1-3-5-13/h1-12H,(H,25,26)(H,27,28). The molecule has 3 aromatic rings. The number of carbonyl (C=O) groups is 2. The lowest BCUT2D eigenvalue weighted by Crippen LogP contribution is -2.16. The minimum absolute atomic E-state index is 0.00544. The maximum Gasteiger partial charge on any atom is 0.573 e. The second-order valence-electron chi connectivity index (χ2n) is 5.95. The van der Waals surface area contributed by atoms with Crippen molar-refractivity contribution in [1.29, 1.82) is 0 Å². The van der Waals surface area contributed by atoms with E-state index in [0.29, 0.717) is 5.56 Å². The lowest BCUT2D eigenvalue weighted by atomic mass is 10.1. The third-order valence-corrected chi connectivity index (χ3v) is 3.80. The molecule has 0 radical (unpaired) electrons. The van der Waals surface area contributed by atoms with Gasteiger partial charge in [0.15, 0.2) is 0 Å². The van der Waals surface area contributed by atoms with Crippen LogP contribution in [0.5, 0.6) is 17.2 Å². The summed E-state index contributed by atoms with van der Waals surface area (Å²) >= 11 is 0. The van der Waals surface area contributed by atoms with Gasteiger partial charge in [0.05, 0.1) is 11.3 Å². The van der Waals surface area contributed by atoms with Gasteiger partial charge in [-0.1, -0.05) is 18.2 Å². The van der Waals surface area contributed by atoms with E-state index >= 15 is 0 Å². The zero-order valence-corrected chi connectivity index (χ0v) is 15.1. The van der Waals surface area contributed by atoms with E-state index in [9.17, 15) is 27.9 Å². The molecule has 154 valence electrons. The first-order valence-electron chi connectivity index (χ1n) is 8.49. The highest BCUT2D eigenvalue weighted by Gasteiger charge is 2.31. The van der Waals surface area contributed by atoms with Gasteiger partial charge in [-0.15, -0.1) is 13.2 Å². The average molecular weight is 417 g/mol. The number of carboxylic acid groups (broad SMARTS) is 1. The minimum Gasteiger partial charge on any atom is -0.478 e. The van der Waals surface area contributed by atoms with Crippen molar-refractivity contribution in [1.82, 2.24) is 0 Å². The smallest absolute Gasteiger partial charge is 0.478 e. The van der Waals surface area contributed by atoms with E-state index in [4.69, 9.17) is 4.74 Å². The van der Waals surface area contributed by atoms with Crippen LogP contribution in [0.4, 0.5) is 18.9 Å². The number of anilines is 1. The van der Waals surface area contributed by atoms with Gasteiger partial charge in [-0.2, -0.15) is 0 Å². The summed E-state index contributed by atoms with van der Waals surface area (Å²) in [6.45, 7) is 0. The summed E-state index contributed by atoms with van der Waals surface area (Å²) < 4.78 is 46.0. The Labute approximate surface area is 168 Å². The van der Waals surface area contributed by atoms with Crippen LogP contribution in [-0.4, -0.2) is 23.3 Å². The molecule has 30 heavy (non-hydrogen) atoms. The molecule has 0 fully saturated rings. The number of halogens is 3. The molecule has 0 saturated carbocycles. The molecule has 3 aromatic carbocycles. The number of nitrogens with one attached hydrogen (secondary N) is 1. The van der Waals surface area contributed by atoms with Crippen LogP contribution in [0.1, 0.15) is 20.7 Å². The van der Waals surface area contributed by atoms with Crippen molar-refractivity contribution in [3.8, 4) is 17.2 Å². The predicted molar refractivity (Wildman–Crippen MR) is 101 cm³/mol. The SMILES string of the molecule is O=C(Nc1cc(Oc2ccc(OC(F)(F)F)cc2)ccc1C(=O)O)c1ccccc1. The van der Waals surface area contributed by atoms with Crippen molar-refractivity contribution >= 4 is 17.6 Å². The fraction of sp³-hybridized carbons (Fsp3) is 0.0476. The lowest BCUT2D eigenvalue weighted by Gasteiger charge is -2.13. The van der Waals surface area contributed by atoms with Gasteiger partial charge in [0.2, 0.25) is 0 Å². The third-order valence-electron chi connectivity index (χ3n) is 3.80. The molecule has 0 unspecified atom stereocenters. The Balaban J connectivity index is 1.80. The van der Waals surface area contributed by atoms with Gasteiger partial charge in [-0.05, 0) is 48.5 Å².